The molecule has 0 aliphatic carbocycles. The minimum atomic E-state index is 0. The third kappa shape index (κ3) is 10.7. The summed E-state index contributed by atoms with van der Waals surface area (Å²) >= 11 is 0. The number of carbonyl (C=O) groups excluding carboxylic acids is 1. The Morgan fingerprint density at radius 3 is 2.43 bits per heavy atom. The van der Waals surface area contributed by atoms with Crippen molar-refractivity contribution in [1.82, 2.24) is 0 Å². The molecule has 0 bridgehead atoms. The van der Waals surface area contributed by atoms with E-state index in [1.807, 2.05) is 19.1 Å². The number of hydrogen-bond donors (Lipinski definition) is 0. The van der Waals surface area contributed by atoms with Crippen LogP contribution in [0.2, 0.25) is 0 Å². The van der Waals surface area contributed by atoms with Gasteiger partial charge in [-0.15, -0.1) is 0 Å². The molecule has 0 unspecified atom stereocenters. The van der Waals surface area contributed by atoms with Crippen LogP contribution in [0.25, 0.3) is 0 Å². The first kappa shape index (κ1) is 10.4. The summed E-state index contributed by atoms with van der Waals surface area (Å²) in [6.07, 6.45) is 5.10. The van der Waals surface area contributed by atoms with Gasteiger partial charge in [-0.25, -0.2) is 0 Å². The molecule has 7 heavy (non-hydrogen) atoms. The Hall–Kier alpha value is 0.410. The van der Waals surface area contributed by atoms with Gasteiger partial charge in [-0.1, -0.05) is 12.2 Å². The van der Waals surface area contributed by atoms with Gasteiger partial charge in [-0.2, -0.15) is 0 Å². The van der Waals surface area contributed by atoms with Gasteiger partial charge in [0.1, 0.15) is 6.29 Å². The first-order chi connectivity index (χ1) is 2.91. The summed E-state index contributed by atoms with van der Waals surface area (Å²) < 4.78 is 0. The van der Waals surface area contributed by atoms with Gasteiger partial charge in [0.15, 0.2) is 0 Å². The molecule has 1 nitrogen and oxygen atoms in total. The van der Waals surface area contributed by atoms with Gasteiger partial charge in [-0.05, 0) is 6.92 Å². The minimum absolute atomic E-state index is 0. The van der Waals surface area contributed by atoms with Gasteiger partial charge < -0.3 is 6.22 Å². The van der Waals surface area contributed by atoms with Crippen molar-refractivity contribution in [2.24, 2.45) is 0 Å². The average Bonchev–Trinajstić information content (AvgIpc) is 1.61. The normalized spacial score (nSPS) is 8.14. The predicted octanol–water partition coefficient (Wildman–Crippen LogP) is -1.73. The van der Waals surface area contributed by atoms with E-state index in [0.29, 0.717) is 6.42 Å². The molecule has 0 aromatic carbocycles. The van der Waals surface area contributed by atoms with E-state index >= 15 is 0 Å². The van der Waals surface area contributed by atoms with Crippen molar-refractivity contribution in [2.75, 3.05) is 0 Å². The fourth-order valence-corrected chi connectivity index (χ4v) is 0.192. The molecule has 2 heteroatoms. The van der Waals surface area contributed by atoms with Crippen LogP contribution in [0, 0.1) is 0 Å². The van der Waals surface area contributed by atoms with Crippen molar-refractivity contribution in [3.63, 3.8) is 0 Å². The number of allylic oxidation sites excluding steroid dienone is 2. The van der Waals surface area contributed by atoms with Crippen LogP contribution in [0.4, 0.5) is 0 Å². The van der Waals surface area contributed by atoms with Gasteiger partial charge in [0.2, 0.25) is 0 Å². The second-order valence-electron chi connectivity index (χ2n) is 0.971. The van der Waals surface area contributed by atoms with Crippen LogP contribution in [-0.2, 0) is 4.79 Å². The number of hydrogen-bond acceptors (Lipinski definition) is 1. The van der Waals surface area contributed by atoms with Gasteiger partial charge >= 0.3 is 29.6 Å². The molecule has 0 radical (unpaired) electrons. The van der Waals surface area contributed by atoms with Crippen molar-refractivity contribution < 1.29 is 35.8 Å². The van der Waals surface area contributed by atoms with E-state index in [9.17, 15) is 4.79 Å². The van der Waals surface area contributed by atoms with E-state index in [-0.39, 0.29) is 31.0 Å². The second-order valence-corrected chi connectivity index (χ2v) is 0.971. The Kier molecular flexibility index (Phi) is 14.3. The predicted molar refractivity (Wildman–Crippen MR) is 26.6 cm³/mol. The molecule has 0 aromatic rings. The van der Waals surface area contributed by atoms with Crippen LogP contribution in [-0.4, -0.2) is 6.29 Å². The van der Waals surface area contributed by atoms with Gasteiger partial charge in [-0.3, -0.25) is 0 Å². The fourth-order valence-electron chi connectivity index (χ4n) is 0.192. The topological polar surface area (TPSA) is 17.1 Å². The largest absolute Gasteiger partial charge is 1.00 e. The third-order valence-electron chi connectivity index (χ3n) is 0.468. The van der Waals surface area contributed by atoms with Crippen molar-refractivity contribution >= 4 is 6.29 Å². The number of aldehydes is 1. The van der Waals surface area contributed by atoms with Crippen LogP contribution in [0.5, 0.6) is 0 Å². The molecule has 36 valence electrons. The molecule has 0 atom stereocenters. The molecule has 0 spiro atoms. The molecule has 0 saturated heterocycles. The maximum Gasteiger partial charge on any atom is 1.00 e. The molecule has 0 heterocycles. The molecular weight excluding hydrogens is 99.0 g/mol. The SMILES string of the molecule is CC=CCC=O.[H-].[Na+]. The monoisotopic (exact) mass is 108 g/mol. The molecule has 0 rings (SSSR count). The van der Waals surface area contributed by atoms with Gasteiger partial charge in [0, 0.05) is 6.42 Å². The summed E-state index contributed by atoms with van der Waals surface area (Å²) in [4.78, 5) is 9.51. The summed E-state index contributed by atoms with van der Waals surface area (Å²) in [6, 6.07) is 0. The van der Waals surface area contributed by atoms with Crippen LogP contribution >= 0.6 is 0 Å². The molecule has 0 saturated carbocycles. The van der Waals surface area contributed by atoms with Crippen LogP contribution < -0.4 is 29.6 Å². The van der Waals surface area contributed by atoms with Gasteiger partial charge in [0.05, 0.1) is 0 Å². The third-order valence-corrected chi connectivity index (χ3v) is 0.468. The quantitative estimate of drug-likeness (QED) is 0.233. The Bertz CT molecular complexity index is 63.4. The molecule has 0 amide bonds. The first-order valence-electron chi connectivity index (χ1n) is 1.96. The van der Waals surface area contributed by atoms with Crippen LogP contribution in [0.1, 0.15) is 14.8 Å². The maximum absolute atomic E-state index is 9.51. The zero-order valence-corrected chi connectivity index (χ0v) is 6.85. The van der Waals surface area contributed by atoms with E-state index in [1.54, 1.807) is 0 Å². The summed E-state index contributed by atoms with van der Waals surface area (Å²) in [7, 11) is 0. The van der Waals surface area contributed by atoms with Crippen molar-refractivity contribution in [2.45, 2.75) is 13.3 Å². The first-order valence-corrected chi connectivity index (χ1v) is 1.96. The zero-order chi connectivity index (χ0) is 4.83. The van der Waals surface area contributed by atoms with E-state index in [2.05, 4.69) is 0 Å². The second kappa shape index (κ2) is 9.65. The Morgan fingerprint density at radius 1 is 1.71 bits per heavy atom. The molecule has 0 N–H and O–H groups in total. The Labute approximate surface area is 67.6 Å². The summed E-state index contributed by atoms with van der Waals surface area (Å²) in [5, 5.41) is 0. The van der Waals surface area contributed by atoms with Crippen molar-refractivity contribution in [3.8, 4) is 0 Å². The van der Waals surface area contributed by atoms with Gasteiger partial charge in [0.25, 0.3) is 0 Å². The van der Waals surface area contributed by atoms with Crippen LogP contribution in [0.3, 0.4) is 0 Å². The minimum Gasteiger partial charge on any atom is -1.00 e. The van der Waals surface area contributed by atoms with E-state index in [4.69, 9.17) is 0 Å². The number of carbonyl (C=O) groups is 1. The maximum atomic E-state index is 9.51. The molecule has 0 aromatic heterocycles. The molecule has 0 fully saturated rings. The Balaban J connectivity index is -0.000000125. The van der Waals surface area contributed by atoms with Crippen molar-refractivity contribution in [3.05, 3.63) is 12.2 Å². The smallest absolute Gasteiger partial charge is 1.00 e. The van der Waals surface area contributed by atoms with Crippen LogP contribution in [0.15, 0.2) is 12.2 Å². The standard InChI is InChI=1S/C5H8O.Na.H/c1-2-3-4-5-6;;/h2-3,5H,4H2,1H3;;/q;+1;-1. The Morgan fingerprint density at radius 2 is 2.29 bits per heavy atom. The van der Waals surface area contributed by atoms with Crippen molar-refractivity contribution in [1.29, 1.82) is 0 Å². The summed E-state index contributed by atoms with van der Waals surface area (Å²) in [5.41, 5.74) is 0. The number of rotatable bonds is 2. The summed E-state index contributed by atoms with van der Waals surface area (Å²) in [5.74, 6) is 0. The molecule has 0 aliphatic rings. The molecular formula is C5H9NaO. The van der Waals surface area contributed by atoms with E-state index in [0.717, 1.165) is 6.29 Å². The van der Waals surface area contributed by atoms with E-state index < -0.39 is 0 Å². The van der Waals surface area contributed by atoms with E-state index in [1.165, 1.54) is 0 Å². The zero-order valence-electron chi connectivity index (χ0n) is 5.85. The fraction of sp³-hybridized carbons (Fsp3) is 0.400. The summed E-state index contributed by atoms with van der Waals surface area (Å²) in [6.45, 7) is 1.89. The molecule has 0 aliphatic heterocycles. The average molecular weight is 108 g/mol.